The fourth-order valence-corrected chi connectivity index (χ4v) is 2.58. The highest BCUT2D eigenvalue weighted by Crippen LogP contribution is 2.33. The molecule has 0 aliphatic heterocycles. The van der Waals surface area contributed by atoms with E-state index in [1.54, 1.807) is 12.4 Å². The SMILES string of the molecule is CCc1cnc(Nc2cc(C3CCCC3)[nH]n2)cn1. The zero-order valence-electron chi connectivity index (χ0n) is 11.2. The standard InChI is InChI=1S/C14H19N5/c1-2-11-8-16-14(9-15-11)17-13-7-12(18-19-13)10-5-3-4-6-10/h7-10H,2-6H2,1H3,(H2,16,17,18,19). The first-order valence-electron chi connectivity index (χ1n) is 6.98. The molecule has 2 aromatic heterocycles. The van der Waals surface area contributed by atoms with Gasteiger partial charge >= 0.3 is 0 Å². The zero-order chi connectivity index (χ0) is 13.1. The van der Waals surface area contributed by atoms with Gasteiger partial charge in [-0.05, 0) is 19.3 Å². The number of rotatable bonds is 4. The van der Waals surface area contributed by atoms with Gasteiger partial charge in [-0.2, -0.15) is 5.10 Å². The summed E-state index contributed by atoms with van der Waals surface area (Å²) in [6.07, 6.45) is 9.66. The van der Waals surface area contributed by atoms with Crippen LogP contribution in [0.4, 0.5) is 11.6 Å². The van der Waals surface area contributed by atoms with Crippen molar-refractivity contribution in [2.24, 2.45) is 0 Å². The molecule has 0 amide bonds. The molecule has 3 rings (SSSR count). The number of anilines is 2. The van der Waals surface area contributed by atoms with Gasteiger partial charge in [-0.3, -0.25) is 10.1 Å². The number of aromatic amines is 1. The summed E-state index contributed by atoms with van der Waals surface area (Å²) in [6.45, 7) is 2.07. The van der Waals surface area contributed by atoms with Crippen LogP contribution >= 0.6 is 0 Å². The average Bonchev–Trinajstić information content (AvgIpc) is 3.10. The second-order valence-electron chi connectivity index (χ2n) is 5.06. The highest BCUT2D eigenvalue weighted by atomic mass is 15.2. The first kappa shape index (κ1) is 12.1. The van der Waals surface area contributed by atoms with Crippen molar-refractivity contribution in [1.82, 2.24) is 20.2 Å². The van der Waals surface area contributed by atoms with Crippen LogP contribution in [0.2, 0.25) is 0 Å². The summed E-state index contributed by atoms with van der Waals surface area (Å²) in [6, 6.07) is 2.09. The van der Waals surface area contributed by atoms with E-state index in [-0.39, 0.29) is 0 Å². The van der Waals surface area contributed by atoms with E-state index in [0.29, 0.717) is 5.92 Å². The van der Waals surface area contributed by atoms with Gasteiger partial charge in [0.1, 0.15) is 5.82 Å². The molecule has 0 unspecified atom stereocenters. The van der Waals surface area contributed by atoms with Gasteiger partial charge in [0.05, 0.1) is 18.1 Å². The minimum Gasteiger partial charge on any atom is -0.322 e. The van der Waals surface area contributed by atoms with E-state index in [4.69, 9.17) is 0 Å². The second kappa shape index (κ2) is 5.38. The van der Waals surface area contributed by atoms with Crippen LogP contribution in [-0.4, -0.2) is 20.2 Å². The Hall–Kier alpha value is -1.91. The van der Waals surface area contributed by atoms with Crippen LogP contribution < -0.4 is 5.32 Å². The first-order valence-corrected chi connectivity index (χ1v) is 6.98. The van der Waals surface area contributed by atoms with Crippen molar-refractivity contribution in [3.05, 3.63) is 29.8 Å². The molecule has 0 spiro atoms. The van der Waals surface area contributed by atoms with E-state index in [1.807, 2.05) is 0 Å². The number of hydrogen-bond donors (Lipinski definition) is 2. The minimum atomic E-state index is 0.650. The van der Waals surface area contributed by atoms with Crippen LogP contribution in [0.5, 0.6) is 0 Å². The monoisotopic (exact) mass is 257 g/mol. The molecule has 5 heteroatoms. The molecule has 1 saturated carbocycles. The maximum Gasteiger partial charge on any atom is 0.153 e. The molecule has 0 bridgehead atoms. The lowest BCUT2D eigenvalue weighted by molar-refractivity contribution is 0.693. The number of hydrogen-bond acceptors (Lipinski definition) is 4. The molecule has 19 heavy (non-hydrogen) atoms. The molecule has 0 atom stereocenters. The highest BCUT2D eigenvalue weighted by Gasteiger charge is 2.19. The van der Waals surface area contributed by atoms with E-state index >= 15 is 0 Å². The summed E-state index contributed by atoms with van der Waals surface area (Å²) >= 11 is 0. The van der Waals surface area contributed by atoms with E-state index in [1.165, 1.54) is 31.4 Å². The normalized spacial score (nSPS) is 15.8. The van der Waals surface area contributed by atoms with Crippen LogP contribution in [0.15, 0.2) is 18.5 Å². The Balaban J connectivity index is 1.68. The van der Waals surface area contributed by atoms with Gasteiger partial charge in [0, 0.05) is 17.7 Å². The number of aromatic nitrogens is 4. The Morgan fingerprint density at radius 3 is 2.74 bits per heavy atom. The summed E-state index contributed by atoms with van der Waals surface area (Å²) in [5.41, 5.74) is 2.23. The Kier molecular flexibility index (Phi) is 3.44. The van der Waals surface area contributed by atoms with Crippen LogP contribution in [0.3, 0.4) is 0 Å². The van der Waals surface area contributed by atoms with E-state index in [9.17, 15) is 0 Å². The largest absolute Gasteiger partial charge is 0.322 e. The Morgan fingerprint density at radius 2 is 2.05 bits per heavy atom. The Labute approximate surface area is 112 Å². The molecule has 0 radical (unpaired) electrons. The molecule has 1 aliphatic carbocycles. The Bertz CT molecular complexity index is 525. The van der Waals surface area contributed by atoms with Crippen molar-refractivity contribution in [3.8, 4) is 0 Å². The average molecular weight is 257 g/mol. The van der Waals surface area contributed by atoms with Crippen LogP contribution in [0, 0.1) is 0 Å². The predicted octanol–water partition coefficient (Wildman–Crippen LogP) is 3.16. The van der Waals surface area contributed by atoms with Gasteiger partial charge in [-0.1, -0.05) is 19.8 Å². The maximum absolute atomic E-state index is 4.32. The summed E-state index contributed by atoms with van der Waals surface area (Å²) in [7, 11) is 0. The summed E-state index contributed by atoms with van der Waals surface area (Å²) < 4.78 is 0. The molecule has 1 aliphatic rings. The third kappa shape index (κ3) is 2.75. The fourth-order valence-electron chi connectivity index (χ4n) is 2.58. The highest BCUT2D eigenvalue weighted by molar-refractivity contribution is 5.50. The predicted molar refractivity (Wildman–Crippen MR) is 74.5 cm³/mol. The maximum atomic E-state index is 4.32. The minimum absolute atomic E-state index is 0.650. The number of nitrogens with zero attached hydrogens (tertiary/aromatic N) is 3. The topological polar surface area (TPSA) is 66.5 Å². The van der Waals surface area contributed by atoms with Gasteiger partial charge in [0.25, 0.3) is 0 Å². The molecule has 1 fully saturated rings. The van der Waals surface area contributed by atoms with Crippen LogP contribution in [0.25, 0.3) is 0 Å². The van der Waals surface area contributed by atoms with Gasteiger partial charge in [0.2, 0.25) is 0 Å². The molecule has 0 saturated heterocycles. The van der Waals surface area contributed by atoms with E-state index < -0.39 is 0 Å². The van der Waals surface area contributed by atoms with Crippen molar-refractivity contribution < 1.29 is 0 Å². The third-order valence-corrected chi connectivity index (χ3v) is 3.72. The number of H-pyrrole nitrogens is 1. The second-order valence-corrected chi connectivity index (χ2v) is 5.06. The molecule has 0 aromatic carbocycles. The number of nitrogens with one attached hydrogen (secondary N) is 2. The van der Waals surface area contributed by atoms with E-state index in [2.05, 4.69) is 38.5 Å². The molecule has 5 nitrogen and oxygen atoms in total. The van der Waals surface area contributed by atoms with Crippen molar-refractivity contribution in [2.45, 2.75) is 44.9 Å². The summed E-state index contributed by atoms with van der Waals surface area (Å²) in [4.78, 5) is 8.64. The smallest absolute Gasteiger partial charge is 0.153 e. The molecule has 2 N–H and O–H groups in total. The summed E-state index contributed by atoms with van der Waals surface area (Å²) in [5.74, 6) is 2.21. The zero-order valence-corrected chi connectivity index (χ0v) is 11.2. The third-order valence-electron chi connectivity index (χ3n) is 3.72. The first-order chi connectivity index (χ1) is 9.35. The quantitative estimate of drug-likeness (QED) is 0.883. The molecular weight excluding hydrogens is 238 g/mol. The molecule has 2 heterocycles. The van der Waals surface area contributed by atoms with E-state index in [0.717, 1.165) is 23.8 Å². The van der Waals surface area contributed by atoms with Gasteiger partial charge in [0.15, 0.2) is 5.82 Å². The lowest BCUT2D eigenvalue weighted by Gasteiger charge is -2.03. The van der Waals surface area contributed by atoms with Crippen molar-refractivity contribution in [1.29, 1.82) is 0 Å². The lowest BCUT2D eigenvalue weighted by Crippen LogP contribution is -1.96. The van der Waals surface area contributed by atoms with Crippen molar-refractivity contribution in [2.75, 3.05) is 5.32 Å². The molecule has 2 aromatic rings. The van der Waals surface area contributed by atoms with Crippen LogP contribution in [0.1, 0.15) is 49.9 Å². The van der Waals surface area contributed by atoms with Gasteiger partial charge < -0.3 is 5.32 Å². The van der Waals surface area contributed by atoms with Gasteiger partial charge in [-0.15, -0.1) is 0 Å². The fraction of sp³-hybridized carbons (Fsp3) is 0.500. The van der Waals surface area contributed by atoms with Crippen molar-refractivity contribution >= 4 is 11.6 Å². The lowest BCUT2D eigenvalue weighted by atomic mass is 10.0. The van der Waals surface area contributed by atoms with Gasteiger partial charge in [-0.25, -0.2) is 4.98 Å². The van der Waals surface area contributed by atoms with Crippen molar-refractivity contribution in [3.63, 3.8) is 0 Å². The summed E-state index contributed by atoms with van der Waals surface area (Å²) in [5, 5.41) is 10.6. The number of aryl methyl sites for hydroxylation is 1. The van der Waals surface area contributed by atoms with Crippen LogP contribution in [-0.2, 0) is 6.42 Å². The molecule has 100 valence electrons. The Morgan fingerprint density at radius 1 is 1.21 bits per heavy atom. The molecular formula is C14H19N5.